The summed E-state index contributed by atoms with van der Waals surface area (Å²) >= 11 is 12.8. The summed E-state index contributed by atoms with van der Waals surface area (Å²) in [6.07, 6.45) is 2.49. The van der Waals surface area contributed by atoms with E-state index in [1.807, 2.05) is 37.4 Å². The minimum atomic E-state index is 0.135. The zero-order valence-electron chi connectivity index (χ0n) is 16.2. The van der Waals surface area contributed by atoms with Crippen molar-refractivity contribution in [2.24, 2.45) is 0 Å². The standard InChI is InChI=1S/C22H24Cl2N2O2/c1-14(2)18-12-25-26(22-19(23)5-4-6-20(22)24)21(18)13-28-17-8-7-16(9-10-27)15(3)11-17/h4-8,11-12,14,27H,9-10,13H2,1-3H3. The molecule has 0 aliphatic carbocycles. The summed E-state index contributed by atoms with van der Waals surface area (Å²) < 4.78 is 7.86. The van der Waals surface area contributed by atoms with Crippen LogP contribution < -0.4 is 4.74 Å². The van der Waals surface area contributed by atoms with Gasteiger partial charge in [0.2, 0.25) is 0 Å². The molecule has 1 N–H and O–H groups in total. The van der Waals surface area contributed by atoms with Crippen molar-refractivity contribution in [3.8, 4) is 11.4 Å². The Morgan fingerprint density at radius 3 is 2.46 bits per heavy atom. The van der Waals surface area contributed by atoms with E-state index in [2.05, 4.69) is 18.9 Å². The number of para-hydroxylation sites is 1. The average molecular weight is 419 g/mol. The first-order chi connectivity index (χ1) is 13.4. The number of aromatic nitrogens is 2. The van der Waals surface area contributed by atoms with Gasteiger partial charge in [-0.15, -0.1) is 0 Å². The summed E-state index contributed by atoms with van der Waals surface area (Å²) in [5.41, 5.74) is 4.88. The lowest BCUT2D eigenvalue weighted by atomic mass is 10.0. The van der Waals surface area contributed by atoms with Crippen LogP contribution in [0, 0.1) is 6.92 Å². The molecule has 1 heterocycles. The van der Waals surface area contributed by atoms with Crippen LogP contribution in [0.5, 0.6) is 5.75 Å². The van der Waals surface area contributed by atoms with Gasteiger partial charge in [-0.1, -0.05) is 49.2 Å². The van der Waals surface area contributed by atoms with Crippen LogP contribution in [0.1, 0.15) is 42.1 Å². The van der Waals surface area contributed by atoms with Crippen molar-refractivity contribution >= 4 is 23.2 Å². The number of rotatable bonds is 7. The Morgan fingerprint density at radius 1 is 1.14 bits per heavy atom. The third kappa shape index (κ3) is 4.35. The zero-order valence-corrected chi connectivity index (χ0v) is 17.8. The number of ether oxygens (including phenoxy) is 1. The van der Waals surface area contributed by atoms with E-state index < -0.39 is 0 Å². The highest BCUT2D eigenvalue weighted by Gasteiger charge is 2.19. The summed E-state index contributed by atoms with van der Waals surface area (Å²) in [7, 11) is 0. The van der Waals surface area contributed by atoms with E-state index in [0.717, 1.165) is 28.1 Å². The van der Waals surface area contributed by atoms with Crippen molar-refractivity contribution in [2.75, 3.05) is 6.61 Å². The molecule has 0 bridgehead atoms. The van der Waals surface area contributed by atoms with E-state index in [-0.39, 0.29) is 12.5 Å². The molecule has 0 amide bonds. The molecule has 0 saturated carbocycles. The number of hydrogen-bond acceptors (Lipinski definition) is 3. The Morgan fingerprint density at radius 2 is 1.86 bits per heavy atom. The first-order valence-electron chi connectivity index (χ1n) is 9.26. The van der Waals surface area contributed by atoms with Gasteiger partial charge in [0.05, 0.1) is 21.9 Å². The highest BCUT2D eigenvalue weighted by Crippen LogP contribution is 2.32. The van der Waals surface area contributed by atoms with Crippen LogP contribution >= 0.6 is 23.2 Å². The number of benzene rings is 2. The van der Waals surface area contributed by atoms with Gasteiger partial charge < -0.3 is 9.84 Å². The van der Waals surface area contributed by atoms with Gasteiger partial charge in [-0.25, -0.2) is 4.68 Å². The van der Waals surface area contributed by atoms with E-state index in [1.54, 1.807) is 16.8 Å². The van der Waals surface area contributed by atoms with E-state index in [4.69, 9.17) is 33.0 Å². The molecule has 2 aromatic carbocycles. The number of aliphatic hydroxyl groups is 1. The van der Waals surface area contributed by atoms with E-state index in [1.165, 1.54) is 0 Å². The minimum Gasteiger partial charge on any atom is -0.487 e. The quantitative estimate of drug-likeness (QED) is 0.533. The minimum absolute atomic E-state index is 0.135. The smallest absolute Gasteiger partial charge is 0.131 e. The lowest BCUT2D eigenvalue weighted by Crippen LogP contribution is -2.09. The molecule has 0 atom stereocenters. The van der Waals surface area contributed by atoms with Gasteiger partial charge in [0, 0.05) is 6.61 Å². The Labute approximate surface area is 175 Å². The maximum Gasteiger partial charge on any atom is 0.131 e. The van der Waals surface area contributed by atoms with Crippen LogP contribution in [0.15, 0.2) is 42.6 Å². The summed E-state index contributed by atoms with van der Waals surface area (Å²) in [6, 6.07) is 11.3. The highest BCUT2D eigenvalue weighted by molar-refractivity contribution is 6.37. The Bertz CT molecular complexity index is 947. The fourth-order valence-electron chi connectivity index (χ4n) is 3.21. The normalized spacial score (nSPS) is 11.2. The number of nitrogens with zero attached hydrogens (tertiary/aromatic N) is 2. The third-order valence-corrected chi connectivity index (χ3v) is 5.35. The Balaban J connectivity index is 1.93. The summed E-state index contributed by atoms with van der Waals surface area (Å²) in [5.74, 6) is 1.05. The molecule has 4 nitrogen and oxygen atoms in total. The van der Waals surface area contributed by atoms with Crippen LogP contribution in [-0.2, 0) is 13.0 Å². The predicted molar refractivity (Wildman–Crippen MR) is 114 cm³/mol. The Hall–Kier alpha value is -2.01. The van der Waals surface area contributed by atoms with E-state index >= 15 is 0 Å². The average Bonchev–Trinajstić information content (AvgIpc) is 3.06. The molecule has 3 rings (SSSR count). The van der Waals surface area contributed by atoms with E-state index in [9.17, 15) is 0 Å². The maximum atomic E-state index is 9.15. The molecule has 0 saturated heterocycles. The maximum absolute atomic E-state index is 9.15. The van der Waals surface area contributed by atoms with Gasteiger partial charge in [0.15, 0.2) is 0 Å². The number of aryl methyl sites for hydroxylation is 1. The number of hydrogen-bond donors (Lipinski definition) is 1. The van der Waals surface area contributed by atoms with Crippen molar-refractivity contribution in [3.63, 3.8) is 0 Å². The predicted octanol–water partition coefficient (Wildman–Crippen LogP) is 5.72. The Kier molecular flexibility index (Phi) is 6.65. The van der Waals surface area contributed by atoms with Crippen molar-refractivity contribution in [2.45, 2.75) is 39.7 Å². The second-order valence-electron chi connectivity index (χ2n) is 7.03. The fraction of sp³-hybridized carbons (Fsp3) is 0.318. The molecule has 3 aromatic rings. The molecule has 0 fully saturated rings. The van der Waals surface area contributed by atoms with Crippen molar-refractivity contribution in [1.29, 1.82) is 0 Å². The second-order valence-corrected chi connectivity index (χ2v) is 7.85. The summed E-state index contributed by atoms with van der Waals surface area (Å²) in [6.45, 7) is 6.73. The molecule has 0 spiro atoms. The highest BCUT2D eigenvalue weighted by atomic mass is 35.5. The van der Waals surface area contributed by atoms with Crippen LogP contribution in [0.4, 0.5) is 0 Å². The fourth-order valence-corrected chi connectivity index (χ4v) is 3.77. The van der Waals surface area contributed by atoms with Gasteiger partial charge in [-0.05, 0) is 60.2 Å². The first-order valence-corrected chi connectivity index (χ1v) is 10.0. The first kappa shape index (κ1) is 20.7. The summed E-state index contributed by atoms with van der Waals surface area (Å²) in [4.78, 5) is 0. The van der Waals surface area contributed by atoms with E-state index in [0.29, 0.717) is 28.8 Å². The van der Waals surface area contributed by atoms with Gasteiger partial charge in [-0.3, -0.25) is 0 Å². The van der Waals surface area contributed by atoms with Crippen molar-refractivity contribution in [1.82, 2.24) is 9.78 Å². The van der Waals surface area contributed by atoms with Gasteiger partial charge >= 0.3 is 0 Å². The lowest BCUT2D eigenvalue weighted by molar-refractivity contribution is 0.293. The van der Waals surface area contributed by atoms with Crippen LogP contribution in [-0.4, -0.2) is 21.5 Å². The van der Waals surface area contributed by atoms with Crippen LogP contribution in [0.3, 0.4) is 0 Å². The molecule has 148 valence electrons. The molecule has 6 heteroatoms. The number of halogens is 2. The third-order valence-electron chi connectivity index (χ3n) is 4.74. The summed E-state index contributed by atoms with van der Waals surface area (Å²) in [5, 5.41) is 14.8. The molecule has 0 unspecified atom stereocenters. The van der Waals surface area contributed by atoms with Crippen molar-refractivity contribution in [3.05, 3.63) is 75.0 Å². The molecule has 0 radical (unpaired) electrons. The van der Waals surface area contributed by atoms with Crippen LogP contribution in [0.2, 0.25) is 10.0 Å². The molecule has 0 aliphatic heterocycles. The largest absolute Gasteiger partial charge is 0.487 e. The molecule has 28 heavy (non-hydrogen) atoms. The molecular weight excluding hydrogens is 395 g/mol. The van der Waals surface area contributed by atoms with Gasteiger partial charge in [0.25, 0.3) is 0 Å². The topological polar surface area (TPSA) is 47.3 Å². The van der Waals surface area contributed by atoms with Gasteiger partial charge in [-0.2, -0.15) is 5.10 Å². The SMILES string of the molecule is Cc1cc(OCc2c(C(C)C)cnn2-c2c(Cl)cccc2Cl)ccc1CCO. The monoisotopic (exact) mass is 418 g/mol. The van der Waals surface area contributed by atoms with Crippen molar-refractivity contribution < 1.29 is 9.84 Å². The zero-order chi connectivity index (χ0) is 20.3. The lowest BCUT2D eigenvalue weighted by Gasteiger charge is -2.15. The molecule has 0 aliphatic rings. The number of aliphatic hydroxyl groups excluding tert-OH is 1. The van der Waals surface area contributed by atoms with Crippen LogP contribution in [0.25, 0.3) is 5.69 Å². The molecule has 1 aromatic heterocycles. The second kappa shape index (κ2) is 8.99. The van der Waals surface area contributed by atoms with Gasteiger partial charge in [0.1, 0.15) is 18.0 Å². The molecular formula is C22H24Cl2N2O2.